The van der Waals surface area contributed by atoms with Crippen molar-refractivity contribution in [2.75, 3.05) is 26.4 Å². The summed E-state index contributed by atoms with van der Waals surface area (Å²) in [6, 6.07) is 15.6. The van der Waals surface area contributed by atoms with Gasteiger partial charge in [0.25, 0.3) is 0 Å². The van der Waals surface area contributed by atoms with Crippen molar-refractivity contribution in [3.63, 3.8) is 0 Å². The molecule has 0 saturated heterocycles. The van der Waals surface area contributed by atoms with Gasteiger partial charge in [0, 0.05) is 13.0 Å². The molecule has 2 aromatic carbocycles. The van der Waals surface area contributed by atoms with Crippen molar-refractivity contribution in [3.05, 3.63) is 59.7 Å². The molecule has 0 aliphatic rings. The van der Waals surface area contributed by atoms with Gasteiger partial charge >= 0.3 is 0 Å². The Kier molecular flexibility index (Phi) is 7.55. The number of benzene rings is 2. The summed E-state index contributed by atoms with van der Waals surface area (Å²) in [5.74, 6) is 1.47. The molecule has 24 heavy (non-hydrogen) atoms. The first-order chi connectivity index (χ1) is 11.7. The van der Waals surface area contributed by atoms with Crippen molar-refractivity contribution in [1.29, 1.82) is 0 Å². The van der Waals surface area contributed by atoms with Crippen LogP contribution in [0.5, 0.6) is 11.5 Å². The molecule has 0 saturated carbocycles. The summed E-state index contributed by atoms with van der Waals surface area (Å²) in [7, 11) is 0. The van der Waals surface area contributed by atoms with Crippen LogP contribution in [0.2, 0.25) is 0 Å². The number of aliphatic hydroxyl groups is 3. The van der Waals surface area contributed by atoms with E-state index in [2.05, 4.69) is 0 Å². The van der Waals surface area contributed by atoms with Gasteiger partial charge in [0.1, 0.15) is 24.2 Å². The molecule has 0 amide bonds. The minimum Gasteiger partial charge on any atom is -0.494 e. The second-order valence-electron chi connectivity index (χ2n) is 5.54. The Morgan fingerprint density at radius 2 is 1.33 bits per heavy atom. The predicted octanol–water partition coefficient (Wildman–Crippen LogP) is 1.77. The van der Waals surface area contributed by atoms with Crippen molar-refractivity contribution >= 4 is 0 Å². The third-order valence-corrected chi connectivity index (χ3v) is 3.48. The van der Waals surface area contributed by atoms with E-state index < -0.39 is 6.10 Å². The van der Waals surface area contributed by atoms with Crippen LogP contribution in [0.3, 0.4) is 0 Å². The van der Waals surface area contributed by atoms with Gasteiger partial charge in [-0.05, 0) is 41.8 Å². The molecule has 0 radical (unpaired) electrons. The van der Waals surface area contributed by atoms with Gasteiger partial charge in [0.2, 0.25) is 0 Å². The molecule has 2 rings (SSSR count). The lowest BCUT2D eigenvalue weighted by molar-refractivity contribution is 0.0536. The molecule has 130 valence electrons. The van der Waals surface area contributed by atoms with Crippen LogP contribution in [0.4, 0.5) is 0 Å². The Balaban J connectivity index is 1.84. The van der Waals surface area contributed by atoms with Crippen molar-refractivity contribution in [1.82, 2.24) is 0 Å². The molecule has 1 atom stereocenters. The normalized spacial score (nSPS) is 12.0. The number of ether oxygens (including phenoxy) is 2. The van der Waals surface area contributed by atoms with Crippen LogP contribution < -0.4 is 9.47 Å². The molecule has 0 heterocycles. The third kappa shape index (κ3) is 6.20. The fourth-order valence-electron chi connectivity index (χ4n) is 2.14. The lowest BCUT2D eigenvalue weighted by Gasteiger charge is -2.10. The summed E-state index contributed by atoms with van der Waals surface area (Å²) >= 11 is 0. The summed E-state index contributed by atoms with van der Waals surface area (Å²) in [5, 5.41) is 26.7. The topological polar surface area (TPSA) is 79.2 Å². The van der Waals surface area contributed by atoms with Crippen molar-refractivity contribution < 1.29 is 24.8 Å². The molecule has 1 unspecified atom stereocenters. The standard InChI is InChI=1S/C19H24O5/c20-10-1-11-23-18-6-2-15(3-7-18)12-16-4-8-19(9-5-16)24-14-17(22)13-21/h2-9,17,20-22H,1,10-14H2. The van der Waals surface area contributed by atoms with Crippen LogP contribution in [-0.2, 0) is 6.42 Å². The van der Waals surface area contributed by atoms with Crippen LogP contribution in [0.15, 0.2) is 48.5 Å². The summed E-state index contributed by atoms with van der Waals surface area (Å²) < 4.78 is 10.9. The minimum absolute atomic E-state index is 0.0770. The second kappa shape index (κ2) is 9.93. The van der Waals surface area contributed by atoms with E-state index in [1.54, 1.807) is 0 Å². The highest BCUT2D eigenvalue weighted by Gasteiger charge is 2.03. The number of rotatable bonds is 10. The van der Waals surface area contributed by atoms with Gasteiger partial charge in [-0.3, -0.25) is 0 Å². The Hall–Kier alpha value is -2.08. The molecule has 0 aliphatic carbocycles. The lowest BCUT2D eigenvalue weighted by atomic mass is 10.0. The van der Waals surface area contributed by atoms with Crippen LogP contribution >= 0.6 is 0 Å². The molecule has 0 fully saturated rings. The fourth-order valence-corrected chi connectivity index (χ4v) is 2.14. The largest absolute Gasteiger partial charge is 0.494 e. The fraction of sp³-hybridized carbons (Fsp3) is 0.368. The maximum atomic E-state index is 9.26. The van der Waals surface area contributed by atoms with E-state index in [9.17, 15) is 5.11 Å². The van der Waals surface area contributed by atoms with E-state index in [-0.39, 0.29) is 19.8 Å². The molecular weight excluding hydrogens is 308 g/mol. The zero-order valence-electron chi connectivity index (χ0n) is 13.6. The highest BCUT2D eigenvalue weighted by Crippen LogP contribution is 2.18. The SMILES string of the molecule is OCCCOc1ccc(Cc2ccc(OCC(O)CO)cc2)cc1. The Morgan fingerprint density at radius 3 is 1.83 bits per heavy atom. The quantitative estimate of drug-likeness (QED) is 0.578. The van der Waals surface area contributed by atoms with Crippen molar-refractivity contribution in [3.8, 4) is 11.5 Å². The zero-order valence-corrected chi connectivity index (χ0v) is 13.6. The van der Waals surface area contributed by atoms with Gasteiger partial charge in [0.05, 0.1) is 13.2 Å². The van der Waals surface area contributed by atoms with Gasteiger partial charge in [-0.1, -0.05) is 24.3 Å². The molecule has 0 bridgehead atoms. The predicted molar refractivity (Wildman–Crippen MR) is 91.5 cm³/mol. The summed E-state index contributed by atoms with van der Waals surface area (Å²) in [4.78, 5) is 0. The average molecular weight is 332 g/mol. The van der Waals surface area contributed by atoms with Crippen molar-refractivity contribution in [2.45, 2.75) is 18.9 Å². The first kappa shape index (κ1) is 18.3. The van der Waals surface area contributed by atoms with Gasteiger partial charge in [0.15, 0.2) is 0 Å². The average Bonchev–Trinajstić information content (AvgIpc) is 2.62. The molecule has 0 aromatic heterocycles. The number of hydrogen-bond donors (Lipinski definition) is 3. The second-order valence-corrected chi connectivity index (χ2v) is 5.54. The van der Waals surface area contributed by atoms with Gasteiger partial charge < -0.3 is 24.8 Å². The first-order valence-electron chi connectivity index (χ1n) is 8.04. The van der Waals surface area contributed by atoms with Gasteiger partial charge in [-0.2, -0.15) is 0 Å². The van der Waals surface area contributed by atoms with E-state index in [1.807, 2.05) is 48.5 Å². The van der Waals surface area contributed by atoms with E-state index in [1.165, 1.54) is 5.56 Å². The maximum absolute atomic E-state index is 9.26. The Morgan fingerprint density at radius 1 is 0.792 bits per heavy atom. The Labute approximate surface area is 142 Å². The van der Waals surface area contributed by atoms with E-state index >= 15 is 0 Å². The number of hydrogen-bond acceptors (Lipinski definition) is 5. The van der Waals surface area contributed by atoms with Crippen LogP contribution in [-0.4, -0.2) is 47.9 Å². The Bertz CT molecular complexity index is 580. The van der Waals surface area contributed by atoms with E-state index in [0.29, 0.717) is 18.8 Å². The monoisotopic (exact) mass is 332 g/mol. The lowest BCUT2D eigenvalue weighted by Crippen LogP contribution is -2.21. The van der Waals surface area contributed by atoms with Crippen molar-refractivity contribution in [2.24, 2.45) is 0 Å². The molecule has 5 heteroatoms. The highest BCUT2D eigenvalue weighted by atomic mass is 16.5. The summed E-state index contributed by atoms with van der Waals surface area (Å²) in [6.07, 6.45) is 0.574. The van der Waals surface area contributed by atoms with Gasteiger partial charge in [-0.25, -0.2) is 0 Å². The highest BCUT2D eigenvalue weighted by molar-refractivity contribution is 5.34. The maximum Gasteiger partial charge on any atom is 0.119 e. The molecule has 0 spiro atoms. The molecule has 2 aromatic rings. The third-order valence-electron chi connectivity index (χ3n) is 3.48. The molecule has 5 nitrogen and oxygen atoms in total. The summed E-state index contributed by atoms with van der Waals surface area (Å²) in [6.45, 7) is 0.421. The van der Waals surface area contributed by atoms with Gasteiger partial charge in [-0.15, -0.1) is 0 Å². The van der Waals surface area contributed by atoms with E-state index in [0.717, 1.165) is 17.7 Å². The van der Waals surface area contributed by atoms with Crippen LogP contribution in [0, 0.1) is 0 Å². The molecule has 0 aliphatic heterocycles. The van der Waals surface area contributed by atoms with E-state index in [4.69, 9.17) is 19.7 Å². The minimum atomic E-state index is -0.859. The molecule has 3 N–H and O–H groups in total. The zero-order chi connectivity index (χ0) is 17.2. The first-order valence-corrected chi connectivity index (χ1v) is 8.04. The molecular formula is C19H24O5. The van der Waals surface area contributed by atoms with Crippen LogP contribution in [0.25, 0.3) is 0 Å². The smallest absolute Gasteiger partial charge is 0.119 e. The number of aliphatic hydroxyl groups excluding tert-OH is 3. The van der Waals surface area contributed by atoms with Crippen LogP contribution in [0.1, 0.15) is 17.5 Å². The summed E-state index contributed by atoms with van der Waals surface area (Å²) in [5.41, 5.74) is 2.33.